The fourth-order valence-electron chi connectivity index (χ4n) is 11.8. The number of phosphoric acid groups is 2. The maximum atomic E-state index is 13.0. The molecule has 0 spiro atoms. The van der Waals surface area contributed by atoms with Crippen molar-refractivity contribution in [3.63, 3.8) is 0 Å². The van der Waals surface area contributed by atoms with Gasteiger partial charge in [-0.1, -0.05) is 340 Å². The predicted molar refractivity (Wildman–Crippen MR) is 463 cm³/mol. The highest BCUT2D eigenvalue weighted by Crippen LogP contribution is 2.45. The number of rotatable bonds is 83. The van der Waals surface area contributed by atoms with E-state index in [1.807, 2.05) is 0 Å². The highest BCUT2D eigenvalue weighted by Gasteiger charge is 2.29. The summed E-state index contributed by atoms with van der Waals surface area (Å²) in [5.74, 6) is -1.60. The molecule has 0 fully saturated rings. The summed E-state index contributed by atoms with van der Waals surface area (Å²) in [5.41, 5.74) is 0. The van der Waals surface area contributed by atoms with E-state index < -0.39 is 91.5 Å². The lowest BCUT2D eigenvalue weighted by Gasteiger charge is -2.21. The molecule has 0 aromatic rings. The Morgan fingerprint density at radius 1 is 0.252 bits per heavy atom. The van der Waals surface area contributed by atoms with E-state index in [0.717, 1.165) is 161 Å². The molecule has 0 heterocycles. The summed E-state index contributed by atoms with van der Waals surface area (Å²) in [5, 5.41) is 20.7. The van der Waals surface area contributed by atoms with E-state index >= 15 is 0 Å². The van der Waals surface area contributed by atoms with E-state index in [1.165, 1.54) is 148 Å². The summed E-state index contributed by atoms with van der Waals surface area (Å²) in [6, 6.07) is 0. The van der Waals surface area contributed by atoms with E-state index in [0.29, 0.717) is 19.3 Å². The van der Waals surface area contributed by atoms with Crippen LogP contribution in [-0.2, 0) is 55.8 Å². The van der Waals surface area contributed by atoms with Crippen molar-refractivity contribution in [1.82, 2.24) is 0 Å². The lowest BCUT2D eigenvalue weighted by Crippen LogP contribution is -2.30. The summed E-state index contributed by atoms with van der Waals surface area (Å²) < 4.78 is 61.4. The number of unbranched alkanes of at least 4 members (excludes halogenated alkanes) is 36. The van der Waals surface area contributed by atoms with Crippen molar-refractivity contribution < 1.29 is 75.8 Å². The maximum Gasteiger partial charge on any atom is 0.472 e. The second kappa shape index (κ2) is 84.8. The van der Waals surface area contributed by atoms with Gasteiger partial charge in [0.05, 0.1) is 26.4 Å². The van der Waals surface area contributed by atoms with Crippen LogP contribution >= 0.6 is 15.6 Å². The van der Waals surface area contributed by atoms with Gasteiger partial charge in [-0.05, 0) is 154 Å². The maximum absolute atomic E-state index is 13.0. The second-order valence-electron chi connectivity index (χ2n) is 29.3. The number of aliphatic hydroxyl groups excluding tert-OH is 2. The van der Waals surface area contributed by atoms with Gasteiger partial charge in [-0.25, -0.2) is 9.13 Å². The average molecular weight is 1600 g/mol. The molecule has 5 atom stereocenters. The standard InChI is InChI=1S/C93H160O16P2/c1-4-7-10-13-16-19-22-25-28-31-34-37-39-40-41-42-43-44-45-46-48-51-52-55-58-61-64-67-70-73-76-79-91(96)103-82-88(94)83-105-110(99,100)106-84-89(95)85-107-111(101,102)108-87-90(109-93(98)81-78-75-72-69-66-63-60-57-54-49-36-33-30-27-24-21-18-15-12-9-6-3)86-104-92(97)80-77-74-71-68-65-62-59-56-53-50-47-38-35-32-29-26-23-20-17-14-11-8-5-2/h16-21,25-30,34-38,40-41,49-50,53,57,60,88-90,94-95H,4-15,22-24,31-33,39,42-48,51-52,54-56,58-59,61-87H2,1-3H3,(H,99,100)(H,101,102)/b19-16-,20-17-,21-18-,28-25-,29-26-,30-27-,37-34-,38-35-,41-40-,49-36-,53-50-,60-57-. The zero-order valence-corrected chi connectivity index (χ0v) is 71.9. The van der Waals surface area contributed by atoms with Gasteiger partial charge in [0.25, 0.3) is 0 Å². The molecule has 0 saturated heterocycles. The van der Waals surface area contributed by atoms with Gasteiger partial charge in [0.1, 0.15) is 25.4 Å². The van der Waals surface area contributed by atoms with Crippen LogP contribution < -0.4 is 0 Å². The van der Waals surface area contributed by atoms with Gasteiger partial charge in [-0.15, -0.1) is 0 Å². The van der Waals surface area contributed by atoms with Crippen LogP contribution in [0.4, 0.5) is 0 Å². The number of ether oxygens (including phenoxy) is 3. The zero-order valence-electron chi connectivity index (χ0n) is 70.1. The lowest BCUT2D eigenvalue weighted by atomic mass is 10.0. The molecule has 0 aliphatic carbocycles. The molecule has 0 radical (unpaired) electrons. The number of phosphoric ester groups is 2. The van der Waals surface area contributed by atoms with Crippen molar-refractivity contribution in [2.24, 2.45) is 0 Å². The third kappa shape index (κ3) is 86.1. The fourth-order valence-corrected chi connectivity index (χ4v) is 13.3. The van der Waals surface area contributed by atoms with E-state index in [4.69, 9.17) is 32.3 Å². The Bertz CT molecular complexity index is 2600. The van der Waals surface area contributed by atoms with Crippen molar-refractivity contribution in [3.05, 3.63) is 146 Å². The molecule has 0 amide bonds. The summed E-state index contributed by atoms with van der Waals surface area (Å²) in [7, 11) is -9.82. The van der Waals surface area contributed by atoms with Crippen LogP contribution in [0.5, 0.6) is 0 Å². The molecule has 0 aliphatic heterocycles. The third-order valence-electron chi connectivity index (χ3n) is 18.5. The number of carbonyl (C=O) groups excluding carboxylic acids is 3. The van der Waals surface area contributed by atoms with Crippen molar-refractivity contribution in [2.75, 3.05) is 39.6 Å². The predicted octanol–water partition coefficient (Wildman–Crippen LogP) is 26.8. The van der Waals surface area contributed by atoms with Crippen LogP contribution in [0.3, 0.4) is 0 Å². The SMILES string of the molecule is CCCCC/C=C\C/C=C\C/C=C\C/C=C\CCCCCCCCCCCCCCCCCC(=O)OCC(O)COP(=O)(O)OCC(O)COP(=O)(O)OCC(COC(=O)CCCCCCCCC/C=C\C/C=C\C/C=C\C/C=C\CCCCC)OC(=O)CCCCCCC/C=C\C/C=C\C/C=C\C/C=C\CCCCC. The summed E-state index contributed by atoms with van der Waals surface area (Å²) >= 11 is 0. The topological polar surface area (TPSA) is 231 Å². The molecule has 18 heteroatoms. The molecule has 0 bridgehead atoms. The van der Waals surface area contributed by atoms with Crippen molar-refractivity contribution in [2.45, 2.75) is 386 Å². The van der Waals surface area contributed by atoms with Crippen LogP contribution in [-0.4, -0.2) is 95.9 Å². The van der Waals surface area contributed by atoms with Crippen LogP contribution in [0, 0.1) is 0 Å². The number of carbonyl (C=O) groups is 3. The number of hydrogen-bond donors (Lipinski definition) is 4. The van der Waals surface area contributed by atoms with E-state index in [2.05, 4.69) is 167 Å². The smallest absolute Gasteiger partial charge is 0.463 e. The number of esters is 3. The number of allylic oxidation sites excluding steroid dienone is 24. The summed E-state index contributed by atoms with van der Waals surface area (Å²) in [4.78, 5) is 58.9. The molecule has 0 aliphatic rings. The Kier molecular flexibility index (Phi) is 81.3. The highest BCUT2D eigenvalue weighted by atomic mass is 31.2. The first-order valence-electron chi connectivity index (χ1n) is 44.1. The van der Waals surface area contributed by atoms with Gasteiger partial charge < -0.3 is 34.2 Å². The summed E-state index contributed by atoms with van der Waals surface area (Å²) in [6.07, 6.45) is 106. The first kappa shape index (κ1) is 106. The Labute approximate surface area is 677 Å². The van der Waals surface area contributed by atoms with Crippen molar-refractivity contribution >= 4 is 33.6 Å². The molecule has 4 N–H and O–H groups in total. The Morgan fingerprint density at radius 2 is 0.450 bits per heavy atom. The zero-order chi connectivity index (χ0) is 80.8. The minimum atomic E-state index is -4.95. The molecule has 638 valence electrons. The molecule has 0 aromatic heterocycles. The third-order valence-corrected chi connectivity index (χ3v) is 20.4. The summed E-state index contributed by atoms with van der Waals surface area (Å²) in [6.45, 7) is 2.60. The molecule has 0 rings (SSSR count). The monoisotopic (exact) mass is 1600 g/mol. The van der Waals surface area contributed by atoms with Crippen LogP contribution in [0.1, 0.15) is 367 Å². The largest absolute Gasteiger partial charge is 0.472 e. The van der Waals surface area contributed by atoms with Gasteiger partial charge in [0.2, 0.25) is 0 Å². The minimum absolute atomic E-state index is 0.0773. The average Bonchev–Trinajstić information content (AvgIpc) is 0.900. The Morgan fingerprint density at radius 3 is 0.712 bits per heavy atom. The van der Waals surface area contributed by atoms with Crippen molar-refractivity contribution in [3.8, 4) is 0 Å². The Hall–Kier alpha value is -4.57. The molecule has 111 heavy (non-hydrogen) atoms. The molecular weight excluding hydrogens is 1430 g/mol. The molecular formula is C93H160O16P2. The van der Waals surface area contributed by atoms with Crippen LogP contribution in [0.15, 0.2) is 146 Å². The molecule has 0 aromatic carbocycles. The number of hydrogen-bond acceptors (Lipinski definition) is 14. The Balaban J connectivity index is 4.60. The van der Waals surface area contributed by atoms with E-state index in [1.54, 1.807) is 0 Å². The highest BCUT2D eigenvalue weighted by molar-refractivity contribution is 7.47. The van der Waals surface area contributed by atoms with E-state index in [-0.39, 0.29) is 19.3 Å². The van der Waals surface area contributed by atoms with Crippen molar-refractivity contribution in [1.29, 1.82) is 0 Å². The van der Waals surface area contributed by atoms with E-state index in [9.17, 15) is 43.5 Å². The van der Waals surface area contributed by atoms with Gasteiger partial charge >= 0.3 is 33.6 Å². The quantitative estimate of drug-likeness (QED) is 0.0146. The molecule has 0 saturated carbocycles. The second-order valence-corrected chi connectivity index (χ2v) is 32.2. The lowest BCUT2D eigenvalue weighted by molar-refractivity contribution is -0.161. The first-order chi connectivity index (χ1) is 54.2. The molecule has 5 unspecified atom stereocenters. The van der Waals surface area contributed by atoms with Gasteiger partial charge in [-0.2, -0.15) is 0 Å². The normalized spacial score (nSPS) is 14.5. The van der Waals surface area contributed by atoms with Gasteiger partial charge in [-0.3, -0.25) is 32.5 Å². The molecule has 16 nitrogen and oxygen atoms in total. The number of aliphatic hydroxyl groups is 2. The van der Waals surface area contributed by atoms with Crippen LogP contribution in [0.2, 0.25) is 0 Å². The van der Waals surface area contributed by atoms with Gasteiger partial charge in [0, 0.05) is 19.3 Å². The van der Waals surface area contributed by atoms with Crippen LogP contribution in [0.25, 0.3) is 0 Å². The van der Waals surface area contributed by atoms with Gasteiger partial charge in [0.15, 0.2) is 6.10 Å². The minimum Gasteiger partial charge on any atom is -0.463 e. The first-order valence-corrected chi connectivity index (χ1v) is 47.1. The fraction of sp³-hybridized carbons (Fsp3) is 0.710.